The molecule has 3 heterocycles. The van der Waals surface area contributed by atoms with Gasteiger partial charge >= 0.3 is 0 Å². The second-order valence-electron chi connectivity index (χ2n) is 5.07. The molecule has 0 aliphatic carbocycles. The van der Waals surface area contributed by atoms with E-state index in [0.29, 0.717) is 36.1 Å². The Hall–Kier alpha value is -0.670. The van der Waals surface area contributed by atoms with Crippen molar-refractivity contribution in [2.75, 3.05) is 13.1 Å². The topological polar surface area (TPSA) is 59.5 Å². The quantitative estimate of drug-likeness (QED) is 0.730. The molecule has 0 saturated carbocycles. The van der Waals surface area contributed by atoms with Crippen LogP contribution in [0.25, 0.3) is 0 Å². The number of piperidine rings is 1. The minimum absolute atomic E-state index is 0.0421. The molecule has 2 aromatic rings. The summed E-state index contributed by atoms with van der Waals surface area (Å²) >= 11 is 10.3. The van der Waals surface area contributed by atoms with Gasteiger partial charge in [0.25, 0.3) is 10.0 Å². The van der Waals surface area contributed by atoms with Crippen LogP contribution < -0.4 is 4.74 Å². The van der Waals surface area contributed by atoms with Gasteiger partial charge in [0.1, 0.15) is 10.3 Å². The Morgan fingerprint density at radius 2 is 2.04 bits per heavy atom. The predicted molar refractivity (Wildman–Crippen MR) is 93.7 cm³/mol. The summed E-state index contributed by atoms with van der Waals surface area (Å²) in [5.41, 5.74) is 0. The van der Waals surface area contributed by atoms with Gasteiger partial charge in [0, 0.05) is 19.3 Å². The third-order valence-corrected chi connectivity index (χ3v) is 7.75. The molecule has 2 aromatic heterocycles. The normalized spacial score (nSPS) is 17.3. The van der Waals surface area contributed by atoms with Crippen molar-refractivity contribution in [1.29, 1.82) is 0 Å². The van der Waals surface area contributed by atoms with Crippen LogP contribution in [0.5, 0.6) is 5.88 Å². The molecule has 3 rings (SSSR count). The lowest BCUT2D eigenvalue weighted by atomic mass is 10.1. The molecular weight excluding hydrogens is 424 g/mol. The maximum atomic E-state index is 12.5. The fourth-order valence-corrected chi connectivity index (χ4v) is 5.82. The van der Waals surface area contributed by atoms with Gasteiger partial charge in [-0.25, -0.2) is 13.4 Å². The van der Waals surface area contributed by atoms with E-state index >= 15 is 0 Å². The average molecular weight is 438 g/mol. The molecule has 1 aliphatic rings. The SMILES string of the molecule is O=S(=O)(c1ccc(Cl)s1)N1CCC(Oc2ncccc2Br)CC1. The first-order valence-electron chi connectivity index (χ1n) is 6.99. The maximum absolute atomic E-state index is 12.5. The average Bonchev–Trinajstić information content (AvgIpc) is 2.98. The number of thiophene rings is 1. The van der Waals surface area contributed by atoms with Crippen LogP contribution in [0.4, 0.5) is 0 Å². The maximum Gasteiger partial charge on any atom is 0.252 e. The molecule has 0 spiro atoms. The van der Waals surface area contributed by atoms with E-state index in [-0.39, 0.29) is 10.3 Å². The monoisotopic (exact) mass is 436 g/mol. The van der Waals surface area contributed by atoms with Gasteiger partial charge in [-0.1, -0.05) is 11.6 Å². The van der Waals surface area contributed by atoms with E-state index in [2.05, 4.69) is 20.9 Å². The zero-order valence-corrected chi connectivity index (χ0v) is 16.0. The van der Waals surface area contributed by atoms with Crippen molar-refractivity contribution in [3.63, 3.8) is 0 Å². The number of pyridine rings is 1. The van der Waals surface area contributed by atoms with E-state index in [4.69, 9.17) is 16.3 Å². The summed E-state index contributed by atoms with van der Waals surface area (Å²) in [5.74, 6) is 0.541. The first-order chi connectivity index (χ1) is 11.0. The molecule has 23 heavy (non-hydrogen) atoms. The van der Waals surface area contributed by atoms with Crippen LogP contribution in [-0.2, 0) is 10.0 Å². The number of hydrogen-bond acceptors (Lipinski definition) is 5. The van der Waals surface area contributed by atoms with Crippen molar-refractivity contribution in [3.8, 4) is 5.88 Å². The molecule has 0 unspecified atom stereocenters. The Morgan fingerprint density at radius 3 is 2.65 bits per heavy atom. The highest BCUT2D eigenvalue weighted by molar-refractivity contribution is 9.10. The third-order valence-electron chi connectivity index (χ3n) is 3.55. The molecule has 9 heteroatoms. The first-order valence-corrected chi connectivity index (χ1v) is 10.4. The van der Waals surface area contributed by atoms with Gasteiger partial charge in [-0.05, 0) is 53.0 Å². The first kappa shape index (κ1) is 17.2. The molecule has 1 aliphatic heterocycles. The second-order valence-corrected chi connectivity index (χ2v) is 9.80. The molecule has 0 atom stereocenters. The van der Waals surface area contributed by atoms with Crippen LogP contribution in [0.15, 0.2) is 39.1 Å². The fourth-order valence-electron chi connectivity index (χ4n) is 2.37. The highest BCUT2D eigenvalue weighted by Gasteiger charge is 2.31. The Bertz CT molecular complexity index is 789. The summed E-state index contributed by atoms with van der Waals surface area (Å²) in [4.78, 5) is 4.18. The van der Waals surface area contributed by atoms with Gasteiger partial charge in [-0.3, -0.25) is 0 Å². The minimum atomic E-state index is -3.46. The second kappa shape index (κ2) is 7.06. The molecule has 124 valence electrons. The van der Waals surface area contributed by atoms with E-state index in [0.717, 1.165) is 15.8 Å². The molecule has 0 aromatic carbocycles. The van der Waals surface area contributed by atoms with Crippen molar-refractivity contribution in [1.82, 2.24) is 9.29 Å². The van der Waals surface area contributed by atoms with Crippen molar-refractivity contribution in [2.24, 2.45) is 0 Å². The van der Waals surface area contributed by atoms with Gasteiger partial charge in [0.15, 0.2) is 0 Å². The number of nitrogens with zero attached hydrogens (tertiary/aromatic N) is 2. The lowest BCUT2D eigenvalue weighted by molar-refractivity contribution is 0.129. The number of sulfonamides is 1. The Morgan fingerprint density at radius 1 is 1.30 bits per heavy atom. The number of halogens is 2. The van der Waals surface area contributed by atoms with Crippen molar-refractivity contribution >= 4 is 48.9 Å². The molecule has 0 radical (unpaired) electrons. The summed E-state index contributed by atoms with van der Waals surface area (Å²) < 4.78 is 34.0. The fraction of sp³-hybridized carbons (Fsp3) is 0.357. The van der Waals surface area contributed by atoms with E-state index < -0.39 is 10.0 Å². The summed E-state index contributed by atoms with van der Waals surface area (Å²) in [5, 5.41) is 0. The standard InChI is InChI=1S/C14H14BrClN2O3S2/c15-11-2-1-7-17-14(11)21-10-5-8-18(9-6-10)23(19,20)13-4-3-12(16)22-13/h1-4,7,10H,5-6,8-9H2. The zero-order chi connectivity index (χ0) is 16.4. The predicted octanol–water partition coefficient (Wildman–Crippen LogP) is 3.79. The molecule has 0 N–H and O–H groups in total. The highest BCUT2D eigenvalue weighted by Crippen LogP contribution is 2.30. The summed E-state index contributed by atoms with van der Waals surface area (Å²) in [6.45, 7) is 0.847. The van der Waals surface area contributed by atoms with Gasteiger partial charge in [-0.15, -0.1) is 11.3 Å². The van der Waals surface area contributed by atoms with Crippen LogP contribution in [-0.4, -0.2) is 36.9 Å². The van der Waals surface area contributed by atoms with Crippen molar-refractivity contribution < 1.29 is 13.2 Å². The van der Waals surface area contributed by atoms with E-state index in [1.807, 2.05) is 12.1 Å². The smallest absolute Gasteiger partial charge is 0.252 e. The van der Waals surface area contributed by atoms with Crippen LogP contribution >= 0.6 is 38.9 Å². The molecular formula is C14H14BrClN2O3S2. The molecule has 5 nitrogen and oxygen atoms in total. The number of rotatable bonds is 4. The van der Waals surface area contributed by atoms with Crippen molar-refractivity contribution in [3.05, 3.63) is 39.3 Å². The zero-order valence-electron chi connectivity index (χ0n) is 12.0. The van der Waals surface area contributed by atoms with Gasteiger partial charge < -0.3 is 4.74 Å². The van der Waals surface area contributed by atoms with Gasteiger partial charge in [0.05, 0.1) is 8.81 Å². The van der Waals surface area contributed by atoms with Crippen LogP contribution in [0.1, 0.15) is 12.8 Å². The molecule has 1 fully saturated rings. The molecule has 1 saturated heterocycles. The minimum Gasteiger partial charge on any atom is -0.473 e. The van der Waals surface area contributed by atoms with Gasteiger partial charge in [0.2, 0.25) is 5.88 Å². The Kier molecular flexibility index (Phi) is 5.27. The summed E-state index contributed by atoms with van der Waals surface area (Å²) in [7, 11) is -3.46. The van der Waals surface area contributed by atoms with Crippen LogP contribution in [0, 0.1) is 0 Å². The highest BCUT2D eigenvalue weighted by atomic mass is 79.9. The molecule has 0 bridgehead atoms. The van der Waals surface area contributed by atoms with E-state index in [9.17, 15) is 8.42 Å². The number of aromatic nitrogens is 1. The largest absolute Gasteiger partial charge is 0.473 e. The lowest BCUT2D eigenvalue weighted by Crippen LogP contribution is -2.41. The molecule has 0 amide bonds. The summed E-state index contributed by atoms with van der Waals surface area (Å²) in [6.07, 6.45) is 2.88. The Balaban J connectivity index is 1.63. The van der Waals surface area contributed by atoms with Crippen LogP contribution in [0.2, 0.25) is 4.34 Å². The van der Waals surface area contributed by atoms with Crippen LogP contribution in [0.3, 0.4) is 0 Å². The Labute approximate surface area is 152 Å². The van der Waals surface area contributed by atoms with E-state index in [1.54, 1.807) is 18.3 Å². The van der Waals surface area contributed by atoms with Crippen molar-refractivity contribution in [2.45, 2.75) is 23.2 Å². The lowest BCUT2D eigenvalue weighted by Gasteiger charge is -2.30. The summed E-state index contributed by atoms with van der Waals surface area (Å²) in [6, 6.07) is 6.84. The number of ether oxygens (including phenoxy) is 1. The number of hydrogen-bond donors (Lipinski definition) is 0. The third kappa shape index (κ3) is 3.88. The van der Waals surface area contributed by atoms with Gasteiger partial charge in [-0.2, -0.15) is 4.31 Å². The van der Waals surface area contributed by atoms with E-state index in [1.165, 1.54) is 4.31 Å².